The fraction of sp³-hybridized carbons (Fsp3) is 0.667. The normalized spacial score (nSPS) is 11.2. The molecule has 162 valence electrons. The van der Waals surface area contributed by atoms with Gasteiger partial charge in [-0.15, -0.1) is 0 Å². The SMILES string of the molecule is CCCCCCCCCCCCCCCCCc1ccccc1-n1cc[n+](C)c1. The molecule has 0 fully saturated rings. The van der Waals surface area contributed by atoms with Crippen LogP contribution in [0.4, 0.5) is 0 Å². The van der Waals surface area contributed by atoms with Crippen LogP contribution >= 0.6 is 0 Å². The monoisotopic (exact) mass is 397 g/mol. The van der Waals surface area contributed by atoms with Crippen LogP contribution in [0.25, 0.3) is 5.69 Å². The Balaban J connectivity index is 1.45. The lowest BCUT2D eigenvalue weighted by Gasteiger charge is -2.06. The van der Waals surface area contributed by atoms with Crippen LogP contribution in [0.2, 0.25) is 0 Å². The molecule has 0 aliphatic carbocycles. The Hall–Kier alpha value is -1.57. The minimum absolute atomic E-state index is 1.19. The first-order valence-electron chi connectivity index (χ1n) is 12.4. The lowest BCUT2D eigenvalue weighted by molar-refractivity contribution is -0.670. The second-order valence-electron chi connectivity index (χ2n) is 8.81. The highest BCUT2D eigenvalue weighted by atomic mass is 15.1. The largest absolute Gasteiger partial charge is 0.248 e. The van der Waals surface area contributed by atoms with Crippen molar-refractivity contribution in [2.45, 2.75) is 110 Å². The van der Waals surface area contributed by atoms with Crippen LogP contribution in [-0.4, -0.2) is 4.57 Å². The van der Waals surface area contributed by atoms with Gasteiger partial charge in [0.15, 0.2) is 0 Å². The van der Waals surface area contributed by atoms with Crippen LogP contribution < -0.4 is 4.57 Å². The van der Waals surface area contributed by atoms with E-state index in [4.69, 9.17) is 0 Å². The maximum atomic E-state index is 2.30. The van der Waals surface area contributed by atoms with Crippen molar-refractivity contribution in [2.24, 2.45) is 7.05 Å². The van der Waals surface area contributed by atoms with Crippen molar-refractivity contribution in [3.05, 3.63) is 48.5 Å². The van der Waals surface area contributed by atoms with E-state index in [1.54, 1.807) is 0 Å². The van der Waals surface area contributed by atoms with Gasteiger partial charge < -0.3 is 0 Å². The highest BCUT2D eigenvalue weighted by molar-refractivity contribution is 5.40. The minimum Gasteiger partial charge on any atom is -0.239 e. The molecule has 0 aliphatic heterocycles. The van der Waals surface area contributed by atoms with E-state index in [9.17, 15) is 0 Å². The third-order valence-electron chi connectivity index (χ3n) is 6.09. The highest BCUT2D eigenvalue weighted by Crippen LogP contribution is 2.18. The number of aromatic nitrogens is 2. The molecule has 2 aromatic rings. The number of para-hydroxylation sites is 1. The standard InChI is InChI=1S/C27H45N2/c1-3-4-5-6-7-8-9-10-11-12-13-14-15-16-17-20-26-21-18-19-22-27(26)29-24-23-28(2)25-29/h18-19,21-25H,3-17,20H2,1-2H3/q+1. The summed E-state index contributed by atoms with van der Waals surface area (Å²) in [6.07, 6.45) is 29.0. The Morgan fingerprint density at radius 1 is 0.690 bits per heavy atom. The fourth-order valence-corrected chi connectivity index (χ4v) is 4.25. The zero-order valence-corrected chi connectivity index (χ0v) is 19.2. The first-order chi connectivity index (χ1) is 14.3. The van der Waals surface area contributed by atoms with Gasteiger partial charge in [0.1, 0.15) is 18.1 Å². The van der Waals surface area contributed by atoms with Crippen molar-refractivity contribution in [1.82, 2.24) is 4.57 Å². The first kappa shape index (κ1) is 23.7. The summed E-state index contributed by atoms with van der Waals surface area (Å²) in [4.78, 5) is 0. The molecule has 1 heterocycles. The van der Waals surface area contributed by atoms with Crippen molar-refractivity contribution in [3.8, 4) is 5.69 Å². The number of rotatable bonds is 17. The Morgan fingerprint density at radius 3 is 1.72 bits per heavy atom. The quantitative estimate of drug-likeness (QED) is 0.191. The van der Waals surface area contributed by atoms with Crippen molar-refractivity contribution in [2.75, 3.05) is 0 Å². The third-order valence-corrected chi connectivity index (χ3v) is 6.09. The summed E-state index contributed by atoms with van der Waals surface area (Å²) in [7, 11) is 2.08. The van der Waals surface area contributed by atoms with Crippen molar-refractivity contribution in [3.63, 3.8) is 0 Å². The average Bonchev–Trinajstić information content (AvgIpc) is 3.17. The Kier molecular flexibility index (Phi) is 12.5. The Bertz CT molecular complexity index is 643. The maximum Gasteiger partial charge on any atom is 0.248 e. The average molecular weight is 398 g/mol. The number of nitrogens with zero attached hydrogens (tertiary/aromatic N) is 2. The van der Waals surface area contributed by atoms with E-state index in [2.05, 4.69) is 66.1 Å². The van der Waals surface area contributed by atoms with Crippen LogP contribution in [0.15, 0.2) is 43.0 Å². The molecule has 0 bridgehead atoms. The molecule has 0 N–H and O–H groups in total. The summed E-state index contributed by atoms with van der Waals surface area (Å²) in [5.41, 5.74) is 2.80. The molecule has 0 amide bonds. The van der Waals surface area contributed by atoms with Crippen molar-refractivity contribution >= 4 is 0 Å². The summed E-state index contributed by atoms with van der Waals surface area (Å²) in [6, 6.07) is 8.85. The van der Waals surface area contributed by atoms with E-state index in [0.717, 1.165) is 0 Å². The van der Waals surface area contributed by atoms with Gasteiger partial charge in [0, 0.05) is 0 Å². The second kappa shape index (κ2) is 15.3. The zero-order valence-electron chi connectivity index (χ0n) is 19.2. The number of imidazole rings is 1. The Morgan fingerprint density at radius 2 is 1.21 bits per heavy atom. The molecule has 29 heavy (non-hydrogen) atoms. The third kappa shape index (κ3) is 10.1. The maximum absolute atomic E-state index is 2.30. The number of aryl methyl sites for hydroxylation is 2. The molecular formula is C27H45N2+. The molecule has 2 heteroatoms. The number of unbranched alkanes of at least 4 members (excludes halogenated alkanes) is 14. The predicted molar refractivity (Wildman–Crippen MR) is 126 cm³/mol. The molecule has 2 nitrogen and oxygen atoms in total. The molecule has 0 saturated heterocycles. The molecule has 2 rings (SSSR count). The zero-order chi connectivity index (χ0) is 20.6. The highest BCUT2D eigenvalue weighted by Gasteiger charge is 2.09. The summed E-state index contributed by atoms with van der Waals surface area (Å²) in [5, 5.41) is 0. The summed E-state index contributed by atoms with van der Waals surface area (Å²) < 4.78 is 4.34. The molecule has 1 aromatic carbocycles. The van der Waals surface area contributed by atoms with Crippen molar-refractivity contribution < 1.29 is 4.57 Å². The molecule has 0 spiro atoms. The number of benzene rings is 1. The van der Waals surface area contributed by atoms with Gasteiger partial charge in [-0.05, 0) is 24.5 Å². The van der Waals surface area contributed by atoms with Crippen LogP contribution in [0, 0.1) is 0 Å². The van der Waals surface area contributed by atoms with Gasteiger partial charge in [0.05, 0.1) is 7.05 Å². The van der Waals surface area contributed by atoms with Gasteiger partial charge in [-0.2, -0.15) is 0 Å². The number of hydrogen-bond acceptors (Lipinski definition) is 0. The van der Waals surface area contributed by atoms with Gasteiger partial charge in [-0.3, -0.25) is 0 Å². The molecule has 0 saturated carbocycles. The van der Waals surface area contributed by atoms with Gasteiger partial charge >= 0.3 is 0 Å². The lowest BCUT2D eigenvalue weighted by Crippen LogP contribution is -2.23. The lowest BCUT2D eigenvalue weighted by atomic mass is 10.0. The van der Waals surface area contributed by atoms with Crippen molar-refractivity contribution in [1.29, 1.82) is 0 Å². The van der Waals surface area contributed by atoms with E-state index in [-0.39, 0.29) is 0 Å². The topological polar surface area (TPSA) is 8.81 Å². The summed E-state index contributed by atoms with van der Waals surface area (Å²) >= 11 is 0. The fourth-order valence-electron chi connectivity index (χ4n) is 4.25. The van der Waals surface area contributed by atoms with E-state index >= 15 is 0 Å². The van der Waals surface area contributed by atoms with Crippen LogP contribution in [0.5, 0.6) is 0 Å². The molecular weight excluding hydrogens is 352 g/mol. The Labute approximate surface area is 180 Å². The van der Waals surface area contributed by atoms with Crippen LogP contribution in [-0.2, 0) is 13.5 Å². The molecule has 0 unspecified atom stereocenters. The number of hydrogen-bond donors (Lipinski definition) is 0. The van der Waals surface area contributed by atoms with Crippen LogP contribution in [0.3, 0.4) is 0 Å². The van der Waals surface area contributed by atoms with Gasteiger partial charge in [0.2, 0.25) is 6.33 Å². The van der Waals surface area contributed by atoms with E-state index in [0.29, 0.717) is 0 Å². The summed E-state index contributed by atoms with van der Waals surface area (Å²) in [6.45, 7) is 2.30. The molecule has 0 atom stereocenters. The second-order valence-corrected chi connectivity index (χ2v) is 8.81. The van der Waals surface area contributed by atoms with Gasteiger partial charge in [-0.25, -0.2) is 9.13 Å². The predicted octanol–water partition coefficient (Wildman–Crippen LogP) is 7.72. The molecule has 0 aliphatic rings. The van der Waals surface area contributed by atoms with E-state index < -0.39 is 0 Å². The van der Waals surface area contributed by atoms with Gasteiger partial charge in [0.25, 0.3) is 0 Å². The molecule has 1 aromatic heterocycles. The first-order valence-corrected chi connectivity index (χ1v) is 12.4. The smallest absolute Gasteiger partial charge is 0.239 e. The molecule has 0 radical (unpaired) electrons. The van der Waals surface area contributed by atoms with E-state index in [1.807, 2.05) is 0 Å². The van der Waals surface area contributed by atoms with Crippen LogP contribution in [0.1, 0.15) is 109 Å². The minimum atomic E-state index is 1.19. The van der Waals surface area contributed by atoms with Gasteiger partial charge in [-0.1, -0.05) is 115 Å². The van der Waals surface area contributed by atoms with E-state index in [1.165, 1.54) is 114 Å². The summed E-state index contributed by atoms with van der Waals surface area (Å²) in [5.74, 6) is 0.